The van der Waals surface area contributed by atoms with Crippen molar-refractivity contribution in [1.29, 1.82) is 0 Å². The van der Waals surface area contributed by atoms with Gasteiger partial charge in [-0.3, -0.25) is 14.9 Å². The molecule has 4 aromatic rings. The molecule has 0 fully saturated rings. The molecule has 0 bridgehead atoms. The van der Waals surface area contributed by atoms with Crippen molar-refractivity contribution >= 4 is 28.5 Å². The van der Waals surface area contributed by atoms with E-state index >= 15 is 0 Å². The summed E-state index contributed by atoms with van der Waals surface area (Å²) in [4.78, 5) is 40.2. The Kier molecular flexibility index (Phi) is 5.54. The summed E-state index contributed by atoms with van der Waals surface area (Å²) in [7, 11) is 0. The zero-order valence-electron chi connectivity index (χ0n) is 16.5. The predicted molar refractivity (Wildman–Crippen MR) is 113 cm³/mol. The minimum Gasteiger partial charge on any atom is -0.618 e. The number of ether oxygens (including phenoxy) is 1. The van der Waals surface area contributed by atoms with Crippen LogP contribution in [0, 0.1) is 15.3 Å². The van der Waals surface area contributed by atoms with Crippen LogP contribution in [0.3, 0.4) is 0 Å². The smallest absolute Gasteiger partial charge is 0.338 e. The maximum atomic E-state index is 13.1. The number of hydrogen-bond donors (Lipinski definition) is 0. The molecule has 0 unspecified atom stereocenters. The van der Waals surface area contributed by atoms with Crippen molar-refractivity contribution in [2.45, 2.75) is 6.61 Å². The van der Waals surface area contributed by atoms with E-state index in [4.69, 9.17) is 4.74 Å². The number of ketones is 1. The van der Waals surface area contributed by atoms with Gasteiger partial charge in [0.1, 0.15) is 12.1 Å². The fourth-order valence-electron chi connectivity index (χ4n) is 3.18. The first-order valence-corrected chi connectivity index (χ1v) is 9.48. The molecule has 0 aliphatic rings. The summed E-state index contributed by atoms with van der Waals surface area (Å²) >= 11 is 0. The Morgan fingerprint density at radius 2 is 1.62 bits per heavy atom. The van der Waals surface area contributed by atoms with Gasteiger partial charge in [0.25, 0.3) is 17.2 Å². The van der Waals surface area contributed by atoms with Gasteiger partial charge in [0.2, 0.25) is 5.52 Å². The average molecular weight is 429 g/mol. The number of rotatable bonds is 6. The third-order valence-electron chi connectivity index (χ3n) is 4.72. The Hall–Kier alpha value is -4.66. The number of nitro groups is 1. The van der Waals surface area contributed by atoms with Crippen LogP contribution in [-0.4, -0.2) is 21.7 Å². The maximum Gasteiger partial charge on any atom is 0.338 e. The van der Waals surface area contributed by atoms with E-state index in [0.29, 0.717) is 10.2 Å². The summed E-state index contributed by atoms with van der Waals surface area (Å²) in [6, 6.07) is 19.7. The van der Waals surface area contributed by atoms with Crippen molar-refractivity contribution in [1.82, 2.24) is 4.98 Å². The molecule has 0 saturated carbocycles. The molecule has 4 rings (SSSR count). The first kappa shape index (κ1) is 20.6. The molecule has 1 heterocycles. The number of esters is 1. The largest absolute Gasteiger partial charge is 0.618 e. The number of carbonyl (C=O) groups is 2. The zero-order valence-corrected chi connectivity index (χ0v) is 16.5. The van der Waals surface area contributed by atoms with Crippen molar-refractivity contribution in [3.63, 3.8) is 0 Å². The molecule has 0 aliphatic carbocycles. The lowest BCUT2D eigenvalue weighted by molar-refractivity contribution is -0.580. The Morgan fingerprint density at radius 1 is 0.938 bits per heavy atom. The summed E-state index contributed by atoms with van der Waals surface area (Å²) in [5, 5.41) is 24.0. The molecule has 3 aromatic carbocycles. The number of nitrogens with zero attached hydrogens (tertiary/aromatic N) is 3. The van der Waals surface area contributed by atoms with E-state index in [-0.39, 0.29) is 33.7 Å². The third-order valence-corrected chi connectivity index (χ3v) is 4.72. The van der Waals surface area contributed by atoms with E-state index < -0.39 is 23.3 Å². The minimum atomic E-state index is -0.848. The minimum absolute atomic E-state index is 0.0219. The fourth-order valence-corrected chi connectivity index (χ4v) is 3.18. The van der Waals surface area contributed by atoms with Crippen LogP contribution in [0.2, 0.25) is 0 Å². The lowest BCUT2D eigenvalue weighted by atomic mass is 10.1. The summed E-state index contributed by atoms with van der Waals surface area (Å²) in [6.45, 7) is -0.470. The zero-order chi connectivity index (χ0) is 22.7. The molecule has 0 spiro atoms. The highest BCUT2D eigenvalue weighted by Gasteiger charge is 2.28. The predicted octanol–water partition coefficient (Wildman–Crippen LogP) is 3.36. The Bertz CT molecular complexity index is 1350. The second-order valence-electron chi connectivity index (χ2n) is 6.77. The number of nitro benzene ring substituents is 1. The van der Waals surface area contributed by atoms with E-state index in [2.05, 4.69) is 4.98 Å². The van der Waals surface area contributed by atoms with Gasteiger partial charge >= 0.3 is 5.97 Å². The van der Waals surface area contributed by atoms with E-state index in [1.54, 1.807) is 48.5 Å². The Morgan fingerprint density at radius 3 is 2.38 bits per heavy atom. The highest BCUT2D eigenvalue weighted by atomic mass is 16.6. The molecular weight excluding hydrogens is 414 g/mol. The molecule has 32 heavy (non-hydrogen) atoms. The molecule has 0 radical (unpaired) electrons. The summed E-state index contributed by atoms with van der Waals surface area (Å²) < 4.78 is 5.73. The van der Waals surface area contributed by atoms with Gasteiger partial charge in [-0.15, -0.1) is 0 Å². The fraction of sp³-hybridized carbons (Fsp3) is 0.0435. The third kappa shape index (κ3) is 3.99. The lowest BCUT2D eigenvalue weighted by Crippen LogP contribution is -2.38. The van der Waals surface area contributed by atoms with Gasteiger partial charge in [-0.25, -0.2) is 9.78 Å². The van der Waals surface area contributed by atoms with Crippen molar-refractivity contribution in [2.24, 2.45) is 0 Å². The van der Waals surface area contributed by atoms with Crippen LogP contribution >= 0.6 is 0 Å². The standard InChI is InChI=1S/C23H15N3O6/c27-22(15-7-2-1-3-8-15)21-19(24-18-11-4-5-12-20(18)25(21)29)14-32-23(28)16-9-6-10-17(13-16)26(30)31/h1-13H,14H2. The van der Waals surface area contributed by atoms with Crippen LogP contribution in [0.4, 0.5) is 5.69 Å². The summed E-state index contributed by atoms with van der Waals surface area (Å²) in [5.41, 5.74) is 0.217. The number of para-hydroxylation sites is 2. The van der Waals surface area contributed by atoms with Gasteiger partial charge in [0, 0.05) is 23.8 Å². The van der Waals surface area contributed by atoms with Gasteiger partial charge < -0.3 is 9.94 Å². The molecule has 9 heteroatoms. The van der Waals surface area contributed by atoms with E-state index in [0.717, 1.165) is 6.07 Å². The average Bonchev–Trinajstić information content (AvgIpc) is 2.83. The van der Waals surface area contributed by atoms with Gasteiger partial charge in [0.15, 0.2) is 5.69 Å². The molecule has 1 aromatic heterocycles. The van der Waals surface area contributed by atoms with Crippen LogP contribution in [-0.2, 0) is 11.3 Å². The first-order valence-electron chi connectivity index (χ1n) is 9.48. The van der Waals surface area contributed by atoms with Gasteiger partial charge in [-0.2, -0.15) is 4.73 Å². The summed E-state index contributed by atoms with van der Waals surface area (Å²) in [5.74, 6) is -1.42. The molecular formula is C23H15N3O6. The monoisotopic (exact) mass is 429 g/mol. The van der Waals surface area contributed by atoms with Gasteiger partial charge in [-0.05, 0) is 12.1 Å². The van der Waals surface area contributed by atoms with Crippen LogP contribution in [0.1, 0.15) is 32.1 Å². The quantitative estimate of drug-likeness (QED) is 0.115. The lowest BCUT2D eigenvalue weighted by Gasteiger charge is -2.12. The Labute approximate surface area is 181 Å². The topological polar surface area (TPSA) is 126 Å². The number of carbonyl (C=O) groups excluding carboxylic acids is 2. The number of hydrogen-bond acceptors (Lipinski definition) is 7. The first-order chi connectivity index (χ1) is 15.5. The maximum absolute atomic E-state index is 13.1. The molecule has 0 N–H and O–H groups in total. The van der Waals surface area contributed by atoms with Crippen molar-refractivity contribution < 1.29 is 24.0 Å². The molecule has 158 valence electrons. The highest BCUT2D eigenvalue weighted by Crippen LogP contribution is 2.18. The highest BCUT2D eigenvalue weighted by molar-refractivity contribution is 6.07. The number of fused-ring (bicyclic) bond motifs is 1. The molecule has 0 atom stereocenters. The van der Waals surface area contributed by atoms with Gasteiger partial charge in [0.05, 0.1) is 10.5 Å². The molecule has 0 amide bonds. The summed E-state index contributed by atoms with van der Waals surface area (Å²) in [6.07, 6.45) is 0. The van der Waals surface area contributed by atoms with Crippen LogP contribution in [0.15, 0.2) is 78.9 Å². The number of benzene rings is 3. The molecule has 0 saturated heterocycles. The molecule has 9 nitrogen and oxygen atoms in total. The normalized spacial score (nSPS) is 10.6. The van der Waals surface area contributed by atoms with Crippen LogP contribution in [0.5, 0.6) is 0 Å². The van der Waals surface area contributed by atoms with E-state index in [9.17, 15) is 24.9 Å². The van der Waals surface area contributed by atoms with Crippen molar-refractivity contribution in [3.05, 3.63) is 117 Å². The van der Waals surface area contributed by atoms with Crippen molar-refractivity contribution in [3.8, 4) is 0 Å². The second-order valence-corrected chi connectivity index (χ2v) is 6.77. The van der Waals surface area contributed by atoms with E-state index in [1.807, 2.05) is 0 Å². The van der Waals surface area contributed by atoms with Crippen LogP contribution < -0.4 is 4.73 Å². The second kappa shape index (κ2) is 8.60. The molecule has 0 aliphatic heterocycles. The van der Waals surface area contributed by atoms with Gasteiger partial charge in [-0.1, -0.05) is 48.5 Å². The number of aromatic nitrogens is 2. The number of non-ortho nitro benzene ring substituents is 1. The Balaban J connectivity index is 1.71. The van der Waals surface area contributed by atoms with Crippen LogP contribution in [0.25, 0.3) is 11.0 Å². The van der Waals surface area contributed by atoms with E-state index in [1.165, 1.54) is 24.3 Å². The van der Waals surface area contributed by atoms with Crippen molar-refractivity contribution in [2.75, 3.05) is 0 Å². The SMILES string of the molecule is O=C(OCc1nc2ccccc2[n+]([O-])c1C(=O)c1ccccc1)c1cccc([N+](=O)[O-])c1.